The van der Waals surface area contributed by atoms with Crippen LogP contribution in [0, 0.1) is 12.3 Å². The van der Waals surface area contributed by atoms with Gasteiger partial charge in [0.15, 0.2) is 0 Å². The molecule has 2 aromatic rings. The van der Waals surface area contributed by atoms with Gasteiger partial charge in [0.1, 0.15) is 0 Å². The first-order chi connectivity index (χ1) is 7.69. The SMILES string of the molecule is Cc1cc2sc(CC(C)(C)C(F)(F)F)cc2s1. The molecule has 0 N–H and O–H groups in total. The van der Waals surface area contributed by atoms with Crippen molar-refractivity contribution in [3.05, 3.63) is 21.9 Å². The summed E-state index contributed by atoms with van der Waals surface area (Å²) in [6.45, 7) is 4.52. The molecule has 0 saturated heterocycles. The molecule has 0 spiro atoms. The topological polar surface area (TPSA) is 0 Å². The lowest BCUT2D eigenvalue weighted by Crippen LogP contribution is -2.33. The molecule has 0 aliphatic carbocycles. The van der Waals surface area contributed by atoms with Gasteiger partial charge in [0.2, 0.25) is 0 Å². The van der Waals surface area contributed by atoms with Crippen LogP contribution in [-0.2, 0) is 6.42 Å². The van der Waals surface area contributed by atoms with Crippen molar-refractivity contribution in [2.24, 2.45) is 5.41 Å². The molecular weight excluding hydrogens is 265 g/mol. The summed E-state index contributed by atoms with van der Waals surface area (Å²) in [4.78, 5) is 2.02. The molecule has 2 heterocycles. The number of hydrogen-bond donors (Lipinski definition) is 0. The minimum atomic E-state index is -4.15. The van der Waals surface area contributed by atoms with Crippen LogP contribution in [0.2, 0.25) is 0 Å². The van der Waals surface area contributed by atoms with Gasteiger partial charge in [0, 0.05) is 19.2 Å². The largest absolute Gasteiger partial charge is 0.394 e. The molecule has 17 heavy (non-hydrogen) atoms. The molecule has 0 nitrogen and oxygen atoms in total. The molecular formula is C12H13F3S2. The fourth-order valence-electron chi connectivity index (χ4n) is 1.63. The lowest BCUT2D eigenvalue weighted by atomic mass is 9.88. The number of halogens is 3. The van der Waals surface area contributed by atoms with E-state index in [0.717, 1.165) is 14.3 Å². The molecule has 0 amide bonds. The predicted molar refractivity (Wildman–Crippen MR) is 68.0 cm³/mol. The van der Waals surface area contributed by atoms with Gasteiger partial charge in [-0.05, 0) is 25.5 Å². The molecule has 0 aliphatic rings. The van der Waals surface area contributed by atoms with E-state index >= 15 is 0 Å². The van der Waals surface area contributed by atoms with Gasteiger partial charge < -0.3 is 0 Å². The highest BCUT2D eigenvalue weighted by atomic mass is 32.1. The van der Waals surface area contributed by atoms with Gasteiger partial charge >= 0.3 is 6.18 Å². The Hall–Kier alpha value is -0.550. The summed E-state index contributed by atoms with van der Waals surface area (Å²) in [6, 6.07) is 3.93. The summed E-state index contributed by atoms with van der Waals surface area (Å²) in [5.41, 5.74) is -1.66. The zero-order valence-electron chi connectivity index (χ0n) is 9.81. The van der Waals surface area contributed by atoms with Crippen molar-refractivity contribution in [1.82, 2.24) is 0 Å². The summed E-state index contributed by atoms with van der Waals surface area (Å²) in [6.07, 6.45) is -4.10. The molecule has 0 bridgehead atoms. The van der Waals surface area contributed by atoms with Crippen molar-refractivity contribution in [2.75, 3.05) is 0 Å². The molecule has 2 rings (SSSR count). The highest BCUT2D eigenvalue weighted by Gasteiger charge is 2.47. The fraction of sp³-hybridized carbons (Fsp3) is 0.500. The third kappa shape index (κ3) is 2.50. The first-order valence-electron chi connectivity index (χ1n) is 5.25. The standard InChI is InChI=1S/C12H13F3S2/c1-7-4-9-10(16-7)5-8(17-9)6-11(2,3)12(13,14)15/h4-5H,6H2,1-3H3. The molecule has 0 unspecified atom stereocenters. The van der Waals surface area contributed by atoms with E-state index in [1.54, 1.807) is 11.3 Å². The van der Waals surface area contributed by atoms with E-state index in [-0.39, 0.29) is 6.42 Å². The van der Waals surface area contributed by atoms with E-state index in [0.29, 0.717) is 0 Å². The van der Waals surface area contributed by atoms with Crippen LogP contribution in [0.15, 0.2) is 12.1 Å². The van der Waals surface area contributed by atoms with Crippen LogP contribution in [0.3, 0.4) is 0 Å². The summed E-state index contributed by atoms with van der Waals surface area (Å²) < 4.78 is 40.5. The molecule has 5 heteroatoms. The van der Waals surface area contributed by atoms with E-state index in [2.05, 4.69) is 0 Å². The van der Waals surface area contributed by atoms with E-state index in [1.165, 1.54) is 30.1 Å². The first kappa shape index (κ1) is 12.9. The van der Waals surface area contributed by atoms with Crippen LogP contribution in [0.4, 0.5) is 13.2 Å². The van der Waals surface area contributed by atoms with Crippen molar-refractivity contribution in [3.8, 4) is 0 Å². The third-order valence-electron chi connectivity index (χ3n) is 2.76. The van der Waals surface area contributed by atoms with Crippen LogP contribution >= 0.6 is 22.7 Å². The monoisotopic (exact) mass is 278 g/mol. The van der Waals surface area contributed by atoms with Gasteiger partial charge in [-0.25, -0.2) is 0 Å². The number of thiophene rings is 2. The Bertz CT molecular complexity index is 500. The van der Waals surface area contributed by atoms with Gasteiger partial charge in [-0.3, -0.25) is 0 Å². The average Bonchev–Trinajstić information content (AvgIpc) is 2.57. The zero-order chi connectivity index (χ0) is 12.8. The fourth-order valence-corrected chi connectivity index (χ4v) is 4.20. The predicted octanol–water partition coefficient (Wildman–Crippen LogP) is 5.40. The Morgan fingerprint density at radius 2 is 1.65 bits per heavy atom. The van der Waals surface area contributed by atoms with E-state index < -0.39 is 11.6 Å². The summed E-state index contributed by atoms with van der Waals surface area (Å²) in [7, 11) is 0. The summed E-state index contributed by atoms with van der Waals surface area (Å²) in [5.74, 6) is 0. The zero-order valence-corrected chi connectivity index (χ0v) is 11.4. The number of rotatable bonds is 2. The van der Waals surface area contributed by atoms with Crippen molar-refractivity contribution in [3.63, 3.8) is 0 Å². The maximum atomic E-state index is 12.8. The maximum Gasteiger partial charge on any atom is 0.394 e. The van der Waals surface area contributed by atoms with E-state index in [9.17, 15) is 13.2 Å². The third-order valence-corrected chi connectivity index (χ3v) is 4.97. The van der Waals surface area contributed by atoms with Crippen molar-refractivity contribution < 1.29 is 13.2 Å². The molecule has 0 aromatic carbocycles. The smallest absolute Gasteiger partial charge is 0.171 e. The van der Waals surface area contributed by atoms with Crippen LogP contribution < -0.4 is 0 Å². The second-order valence-corrected chi connectivity index (χ2v) is 7.31. The van der Waals surface area contributed by atoms with E-state index in [1.807, 2.05) is 19.1 Å². The molecule has 0 fully saturated rings. The average molecular weight is 278 g/mol. The summed E-state index contributed by atoms with van der Waals surface area (Å²) in [5, 5.41) is 0. The number of aryl methyl sites for hydroxylation is 1. The minimum Gasteiger partial charge on any atom is -0.171 e. The van der Waals surface area contributed by atoms with Crippen LogP contribution in [0.1, 0.15) is 23.6 Å². The van der Waals surface area contributed by atoms with Gasteiger partial charge in [0.25, 0.3) is 0 Å². The molecule has 0 aliphatic heterocycles. The minimum absolute atomic E-state index is 0.0572. The number of hydrogen-bond acceptors (Lipinski definition) is 2. The highest BCUT2D eigenvalue weighted by Crippen LogP contribution is 2.43. The molecule has 0 atom stereocenters. The molecule has 2 aromatic heterocycles. The number of fused-ring (bicyclic) bond motifs is 1. The Labute approximate surface area is 106 Å². The number of alkyl halides is 3. The summed E-state index contributed by atoms with van der Waals surface area (Å²) >= 11 is 3.11. The van der Waals surface area contributed by atoms with Gasteiger partial charge in [0.05, 0.1) is 5.41 Å². The van der Waals surface area contributed by atoms with Gasteiger partial charge in [-0.15, -0.1) is 22.7 Å². The maximum absolute atomic E-state index is 12.8. The lowest BCUT2D eigenvalue weighted by Gasteiger charge is -2.26. The lowest BCUT2D eigenvalue weighted by molar-refractivity contribution is -0.210. The second kappa shape index (κ2) is 3.99. The Morgan fingerprint density at radius 3 is 2.18 bits per heavy atom. The van der Waals surface area contributed by atoms with Crippen LogP contribution in [-0.4, -0.2) is 6.18 Å². The quantitative estimate of drug-likeness (QED) is 0.689. The molecule has 0 radical (unpaired) electrons. The Morgan fingerprint density at radius 1 is 1.06 bits per heavy atom. The van der Waals surface area contributed by atoms with E-state index in [4.69, 9.17) is 0 Å². The van der Waals surface area contributed by atoms with Gasteiger partial charge in [-0.2, -0.15) is 13.2 Å². The first-order valence-corrected chi connectivity index (χ1v) is 6.88. The van der Waals surface area contributed by atoms with Crippen molar-refractivity contribution in [2.45, 2.75) is 33.4 Å². The highest BCUT2D eigenvalue weighted by molar-refractivity contribution is 7.27. The van der Waals surface area contributed by atoms with Crippen LogP contribution in [0.25, 0.3) is 9.40 Å². The molecule has 94 valence electrons. The van der Waals surface area contributed by atoms with Crippen LogP contribution in [0.5, 0.6) is 0 Å². The second-order valence-electron chi connectivity index (χ2n) is 4.86. The van der Waals surface area contributed by atoms with Crippen molar-refractivity contribution in [1.29, 1.82) is 0 Å². The molecule has 0 saturated carbocycles. The van der Waals surface area contributed by atoms with Gasteiger partial charge in [-0.1, -0.05) is 13.8 Å². The van der Waals surface area contributed by atoms with Crippen molar-refractivity contribution >= 4 is 32.1 Å². The Kier molecular flexibility index (Phi) is 3.02. The normalized spacial score (nSPS) is 13.5. The Balaban J connectivity index is 2.27.